The molecule has 1 rings (SSSR count). The minimum Gasteiger partial charge on any atom is -0.497 e. The van der Waals surface area contributed by atoms with E-state index in [2.05, 4.69) is 0 Å². The Morgan fingerprint density at radius 1 is 1.24 bits per heavy atom. The van der Waals surface area contributed by atoms with E-state index < -0.39 is 10.9 Å². The molecule has 0 saturated carbocycles. The number of aliphatic hydroxyl groups is 3. The summed E-state index contributed by atoms with van der Waals surface area (Å²) in [4.78, 5) is 0. The highest BCUT2D eigenvalue weighted by molar-refractivity contribution is 8.00. The maximum Gasteiger partial charge on any atom is 0.118 e. The van der Waals surface area contributed by atoms with Crippen LogP contribution >= 0.6 is 11.8 Å². The fourth-order valence-electron chi connectivity index (χ4n) is 2.00. The van der Waals surface area contributed by atoms with Gasteiger partial charge in [0.15, 0.2) is 0 Å². The molecular formula is C15H24O5S. The van der Waals surface area contributed by atoms with E-state index in [4.69, 9.17) is 14.6 Å². The number of hydrogen-bond donors (Lipinski definition) is 3. The third-order valence-corrected chi connectivity index (χ3v) is 4.94. The van der Waals surface area contributed by atoms with Crippen molar-refractivity contribution in [3.05, 3.63) is 29.8 Å². The normalized spacial score (nSPS) is 15.5. The SMILES string of the molecule is COc1ccc(COC[C@H](O)[C@@](CO)(CCO)SC)cc1. The molecule has 0 aliphatic heterocycles. The molecule has 3 N–H and O–H groups in total. The number of hydrogen-bond acceptors (Lipinski definition) is 6. The number of rotatable bonds is 10. The summed E-state index contributed by atoms with van der Waals surface area (Å²) in [5.41, 5.74) is 0.976. The van der Waals surface area contributed by atoms with Gasteiger partial charge in [0, 0.05) is 6.61 Å². The molecule has 0 aromatic heterocycles. The van der Waals surface area contributed by atoms with E-state index in [0.29, 0.717) is 13.0 Å². The molecule has 6 heteroatoms. The van der Waals surface area contributed by atoms with Crippen LogP contribution < -0.4 is 4.74 Å². The molecule has 0 unspecified atom stereocenters. The van der Waals surface area contributed by atoms with Crippen LogP contribution in [0.5, 0.6) is 5.75 Å². The Morgan fingerprint density at radius 2 is 1.90 bits per heavy atom. The van der Waals surface area contributed by atoms with Crippen molar-refractivity contribution in [2.75, 3.05) is 33.2 Å². The van der Waals surface area contributed by atoms with E-state index in [0.717, 1.165) is 11.3 Å². The minimum atomic E-state index is -0.845. The maximum absolute atomic E-state index is 10.2. The Labute approximate surface area is 129 Å². The number of methoxy groups -OCH3 is 1. The summed E-state index contributed by atoms with van der Waals surface area (Å²) in [6.45, 7) is 0.183. The second-order valence-corrected chi connectivity index (χ2v) is 6.00. The van der Waals surface area contributed by atoms with Gasteiger partial charge in [0.25, 0.3) is 0 Å². The van der Waals surface area contributed by atoms with E-state index in [9.17, 15) is 10.2 Å². The summed E-state index contributed by atoms with van der Waals surface area (Å²) < 4.78 is 9.81. The molecule has 0 amide bonds. The standard InChI is InChI=1S/C15H24O5S/c1-19-13-5-3-12(4-6-13)9-20-10-14(18)15(11-17,21-2)7-8-16/h3-6,14,16-18H,7-11H2,1-2H3/t14-,15-/m0/s1. The highest BCUT2D eigenvalue weighted by Crippen LogP contribution is 2.30. The monoisotopic (exact) mass is 316 g/mol. The third-order valence-electron chi connectivity index (χ3n) is 3.52. The van der Waals surface area contributed by atoms with Crippen LogP contribution in [-0.4, -0.2) is 59.4 Å². The average molecular weight is 316 g/mol. The van der Waals surface area contributed by atoms with Crippen LogP contribution in [0.2, 0.25) is 0 Å². The summed E-state index contributed by atoms with van der Waals surface area (Å²) >= 11 is 1.34. The lowest BCUT2D eigenvalue weighted by atomic mass is 9.99. The Morgan fingerprint density at radius 3 is 2.38 bits per heavy atom. The predicted molar refractivity (Wildman–Crippen MR) is 83.7 cm³/mol. The Kier molecular flexibility index (Phi) is 8.06. The van der Waals surface area contributed by atoms with Gasteiger partial charge in [-0.05, 0) is 30.4 Å². The molecule has 120 valence electrons. The van der Waals surface area contributed by atoms with Crippen molar-refractivity contribution in [3.63, 3.8) is 0 Å². The zero-order valence-electron chi connectivity index (χ0n) is 12.5. The van der Waals surface area contributed by atoms with Crippen molar-refractivity contribution in [2.45, 2.75) is 23.9 Å². The molecule has 0 aliphatic carbocycles. The van der Waals surface area contributed by atoms with Crippen LogP contribution in [0.4, 0.5) is 0 Å². The van der Waals surface area contributed by atoms with E-state index in [1.807, 2.05) is 24.3 Å². The summed E-state index contributed by atoms with van der Waals surface area (Å²) in [6.07, 6.45) is 1.28. The first-order valence-electron chi connectivity index (χ1n) is 6.77. The van der Waals surface area contributed by atoms with Gasteiger partial charge in [0.05, 0.1) is 37.8 Å². The van der Waals surface area contributed by atoms with Gasteiger partial charge < -0.3 is 24.8 Å². The predicted octanol–water partition coefficient (Wildman–Crippen LogP) is 1.05. The smallest absolute Gasteiger partial charge is 0.118 e. The second-order valence-electron chi connectivity index (χ2n) is 4.78. The highest BCUT2D eigenvalue weighted by atomic mass is 32.2. The lowest BCUT2D eigenvalue weighted by Crippen LogP contribution is -2.46. The lowest BCUT2D eigenvalue weighted by Gasteiger charge is -2.34. The molecule has 1 aromatic carbocycles. The molecule has 0 aliphatic rings. The van der Waals surface area contributed by atoms with Crippen molar-refractivity contribution in [1.82, 2.24) is 0 Å². The molecule has 21 heavy (non-hydrogen) atoms. The molecule has 0 heterocycles. The first kappa shape index (κ1) is 18.3. The van der Waals surface area contributed by atoms with Gasteiger partial charge >= 0.3 is 0 Å². The largest absolute Gasteiger partial charge is 0.497 e. The lowest BCUT2D eigenvalue weighted by molar-refractivity contribution is -0.00906. The average Bonchev–Trinajstić information content (AvgIpc) is 2.53. The fourth-order valence-corrected chi connectivity index (χ4v) is 2.77. The molecular weight excluding hydrogens is 292 g/mol. The highest BCUT2D eigenvalue weighted by Gasteiger charge is 2.36. The first-order chi connectivity index (χ1) is 10.1. The number of aliphatic hydroxyl groups excluding tert-OH is 3. The first-order valence-corrected chi connectivity index (χ1v) is 8.00. The van der Waals surface area contributed by atoms with E-state index in [-0.39, 0.29) is 19.8 Å². The molecule has 2 atom stereocenters. The fraction of sp³-hybridized carbons (Fsp3) is 0.600. The van der Waals surface area contributed by atoms with Gasteiger partial charge in [-0.3, -0.25) is 0 Å². The van der Waals surface area contributed by atoms with Crippen LogP contribution in [0.15, 0.2) is 24.3 Å². The Balaban J connectivity index is 2.49. The Bertz CT molecular complexity index is 392. The molecule has 5 nitrogen and oxygen atoms in total. The Hall–Kier alpha value is -0.790. The second kappa shape index (κ2) is 9.27. The van der Waals surface area contributed by atoms with Crippen molar-refractivity contribution in [2.24, 2.45) is 0 Å². The summed E-state index contributed by atoms with van der Waals surface area (Å²) in [7, 11) is 1.61. The van der Waals surface area contributed by atoms with E-state index in [1.165, 1.54) is 11.8 Å². The molecule has 0 fully saturated rings. The van der Waals surface area contributed by atoms with Gasteiger partial charge in [-0.1, -0.05) is 12.1 Å². The zero-order valence-corrected chi connectivity index (χ0v) is 13.3. The zero-order chi connectivity index (χ0) is 15.7. The van der Waals surface area contributed by atoms with Crippen LogP contribution in [0.3, 0.4) is 0 Å². The van der Waals surface area contributed by atoms with E-state index in [1.54, 1.807) is 13.4 Å². The van der Waals surface area contributed by atoms with E-state index >= 15 is 0 Å². The molecule has 0 radical (unpaired) electrons. The van der Waals surface area contributed by atoms with Gasteiger partial charge in [0.1, 0.15) is 5.75 Å². The number of benzene rings is 1. The van der Waals surface area contributed by atoms with Crippen molar-refractivity contribution in [1.29, 1.82) is 0 Å². The summed E-state index contributed by atoms with van der Waals surface area (Å²) in [6, 6.07) is 7.49. The summed E-state index contributed by atoms with van der Waals surface area (Å²) in [5.74, 6) is 0.781. The van der Waals surface area contributed by atoms with Gasteiger partial charge in [-0.2, -0.15) is 11.8 Å². The van der Waals surface area contributed by atoms with Crippen LogP contribution in [-0.2, 0) is 11.3 Å². The number of thioether (sulfide) groups is 1. The van der Waals surface area contributed by atoms with Crippen LogP contribution in [0.1, 0.15) is 12.0 Å². The van der Waals surface area contributed by atoms with Crippen molar-refractivity contribution in [3.8, 4) is 5.75 Å². The van der Waals surface area contributed by atoms with Gasteiger partial charge in [0.2, 0.25) is 0 Å². The topological polar surface area (TPSA) is 79.2 Å². The maximum atomic E-state index is 10.2. The molecule has 1 aromatic rings. The van der Waals surface area contributed by atoms with Crippen LogP contribution in [0.25, 0.3) is 0 Å². The third kappa shape index (κ3) is 5.16. The quantitative estimate of drug-likeness (QED) is 0.599. The molecule has 0 spiro atoms. The van der Waals surface area contributed by atoms with Crippen LogP contribution in [0, 0.1) is 0 Å². The molecule has 0 saturated heterocycles. The number of ether oxygens (including phenoxy) is 2. The van der Waals surface area contributed by atoms with Gasteiger partial charge in [-0.25, -0.2) is 0 Å². The van der Waals surface area contributed by atoms with Crippen molar-refractivity contribution >= 4 is 11.8 Å². The minimum absolute atomic E-state index is 0.0864. The molecule has 0 bridgehead atoms. The van der Waals surface area contributed by atoms with Crippen molar-refractivity contribution < 1.29 is 24.8 Å². The van der Waals surface area contributed by atoms with Gasteiger partial charge in [-0.15, -0.1) is 0 Å². The summed E-state index contributed by atoms with van der Waals surface area (Å²) in [5, 5.41) is 28.8.